The van der Waals surface area contributed by atoms with Crippen molar-refractivity contribution in [3.63, 3.8) is 0 Å². The number of amides is 2. The summed E-state index contributed by atoms with van der Waals surface area (Å²) in [6.45, 7) is 3.72. The van der Waals surface area contributed by atoms with E-state index in [-0.39, 0.29) is 11.1 Å². The van der Waals surface area contributed by atoms with Crippen LogP contribution in [0.4, 0.5) is 28.9 Å². The molecule has 27 heavy (non-hydrogen) atoms. The molecule has 0 aliphatic carbocycles. The first-order valence-corrected chi connectivity index (χ1v) is 9.45. The van der Waals surface area contributed by atoms with E-state index in [4.69, 9.17) is 11.6 Å². The normalized spacial score (nSPS) is 15.6. The summed E-state index contributed by atoms with van der Waals surface area (Å²) in [7, 11) is 0. The number of rotatable bonds is 2. The Morgan fingerprint density at radius 1 is 1.30 bits per heavy atom. The number of pyridine rings is 1. The van der Waals surface area contributed by atoms with Gasteiger partial charge in [-0.15, -0.1) is 11.3 Å². The van der Waals surface area contributed by atoms with Crippen LogP contribution in [0.15, 0.2) is 17.6 Å². The Morgan fingerprint density at radius 3 is 2.70 bits per heavy atom. The Hall–Kier alpha value is -2.07. The maximum Gasteiger partial charge on any atom is 0.417 e. The van der Waals surface area contributed by atoms with Crippen LogP contribution >= 0.6 is 22.9 Å². The predicted molar refractivity (Wildman–Crippen MR) is 98.5 cm³/mol. The third-order valence-electron chi connectivity index (χ3n) is 4.06. The van der Waals surface area contributed by atoms with E-state index in [0.717, 1.165) is 18.0 Å². The molecule has 11 heteroatoms. The third-order valence-corrected chi connectivity index (χ3v) is 5.22. The van der Waals surface area contributed by atoms with Crippen molar-refractivity contribution < 1.29 is 18.0 Å². The fourth-order valence-corrected chi connectivity index (χ4v) is 3.70. The lowest BCUT2D eigenvalue weighted by Gasteiger charge is -2.24. The standard InChI is InChI=1S/C16H17ClF3N5OS/c1-10-9-27-14(22-10)23-15(26)25-4-2-3-24(5-6-25)13-12(17)7-11(8-21-13)16(18,19)20/h7-9H,2-6H2,1H3,(H,22,23,26). The maximum atomic E-state index is 12.8. The molecule has 0 spiro atoms. The lowest BCUT2D eigenvalue weighted by Crippen LogP contribution is -2.38. The Bertz CT molecular complexity index is 829. The molecule has 0 radical (unpaired) electrons. The number of anilines is 2. The number of nitrogens with zero attached hydrogens (tertiary/aromatic N) is 4. The first-order valence-electron chi connectivity index (χ1n) is 8.20. The van der Waals surface area contributed by atoms with Gasteiger partial charge in [0, 0.05) is 37.8 Å². The number of aromatic nitrogens is 2. The summed E-state index contributed by atoms with van der Waals surface area (Å²) in [5.74, 6) is 0.294. The molecule has 1 aliphatic rings. The summed E-state index contributed by atoms with van der Waals surface area (Å²) >= 11 is 7.38. The van der Waals surface area contributed by atoms with Crippen molar-refractivity contribution in [2.24, 2.45) is 0 Å². The van der Waals surface area contributed by atoms with Crippen LogP contribution in [0.25, 0.3) is 0 Å². The van der Waals surface area contributed by atoms with E-state index in [1.807, 2.05) is 12.3 Å². The molecular formula is C16H17ClF3N5OS. The van der Waals surface area contributed by atoms with Gasteiger partial charge in [-0.05, 0) is 19.4 Å². The van der Waals surface area contributed by atoms with Crippen LogP contribution in [0.2, 0.25) is 5.02 Å². The van der Waals surface area contributed by atoms with Crippen molar-refractivity contribution >= 4 is 39.9 Å². The van der Waals surface area contributed by atoms with E-state index in [1.54, 1.807) is 9.80 Å². The highest BCUT2D eigenvalue weighted by Crippen LogP contribution is 2.33. The van der Waals surface area contributed by atoms with Gasteiger partial charge in [0.25, 0.3) is 0 Å². The van der Waals surface area contributed by atoms with E-state index < -0.39 is 11.7 Å². The Morgan fingerprint density at radius 2 is 2.07 bits per heavy atom. The van der Waals surface area contributed by atoms with Crippen molar-refractivity contribution in [1.82, 2.24) is 14.9 Å². The molecule has 2 aromatic rings. The summed E-state index contributed by atoms with van der Waals surface area (Å²) in [5, 5.41) is 5.08. The smallest absolute Gasteiger partial charge is 0.354 e. The van der Waals surface area contributed by atoms with Gasteiger partial charge in [0.15, 0.2) is 5.13 Å². The van der Waals surface area contributed by atoms with E-state index in [9.17, 15) is 18.0 Å². The zero-order valence-corrected chi connectivity index (χ0v) is 16.0. The quantitative estimate of drug-likeness (QED) is 0.790. The number of aryl methyl sites for hydroxylation is 1. The van der Waals surface area contributed by atoms with Crippen molar-refractivity contribution in [2.75, 3.05) is 36.4 Å². The fourth-order valence-electron chi connectivity index (χ4n) is 2.73. The summed E-state index contributed by atoms with van der Waals surface area (Å²) in [4.78, 5) is 23.9. The first kappa shape index (κ1) is 19.7. The Kier molecular flexibility index (Phi) is 5.75. The number of carbonyl (C=O) groups is 1. The summed E-state index contributed by atoms with van der Waals surface area (Å²) in [6.07, 6.45) is -3.07. The lowest BCUT2D eigenvalue weighted by atomic mass is 10.2. The molecular weight excluding hydrogens is 403 g/mol. The molecule has 2 amide bonds. The molecule has 3 rings (SSSR count). The van der Waals surface area contributed by atoms with Gasteiger partial charge >= 0.3 is 12.2 Å². The average molecular weight is 420 g/mol. The predicted octanol–water partition coefficient (Wildman–Crippen LogP) is 4.26. The van der Waals surface area contributed by atoms with Crippen LogP contribution in [0, 0.1) is 6.92 Å². The van der Waals surface area contributed by atoms with Crippen LogP contribution in [-0.2, 0) is 6.18 Å². The number of nitrogens with one attached hydrogen (secondary N) is 1. The van der Waals surface area contributed by atoms with Gasteiger partial charge in [-0.25, -0.2) is 14.8 Å². The second kappa shape index (κ2) is 7.89. The third kappa shape index (κ3) is 4.81. The molecule has 1 fully saturated rings. The van der Waals surface area contributed by atoms with Crippen LogP contribution in [0.1, 0.15) is 17.7 Å². The zero-order valence-electron chi connectivity index (χ0n) is 14.4. The van der Waals surface area contributed by atoms with Crippen LogP contribution in [0.3, 0.4) is 0 Å². The highest BCUT2D eigenvalue weighted by Gasteiger charge is 2.32. The summed E-state index contributed by atoms with van der Waals surface area (Å²) in [5.41, 5.74) is -0.0498. The minimum atomic E-state index is -4.49. The minimum Gasteiger partial charge on any atom is -0.354 e. The van der Waals surface area contributed by atoms with Crippen LogP contribution in [0.5, 0.6) is 0 Å². The molecule has 0 unspecified atom stereocenters. The second-order valence-corrected chi connectivity index (χ2v) is 7.34. The molecule has 0 aromatic carbocycles. The number of halogens is 4. The molecule has 1 N–H and O–H groups in total. The number of thiazole rings is 1. The Labute approximate surface area is 163 Å². The van der Waals surface area contributed by atoms with Crippen molar-refractivity contribution in [1.29, 1.82) is 0 Å². The van der Waals surface area contributed by atoms with Gasteiger partial charge in [-0.2, -0.15) is 13.2 Å². The average Bonchev–Trinajstić information content (AvgIpc) is 2.85. The molecule has 0 bridgehead atoms. The Balaban J connectivity index is 1.65. The molecule has 2 aromatic heterocycles. The molecule has 146 valence electrons. The zero-order chi connectivity index (χ0) is 19.6. The summed E-state index contributed by atoms with van der Waals surface area (Å²) in [6, 6.07) is 0.627. The van der Waals surface area contributed by atoms with E-state index in [0.29, 0.717) is 43.5 Å². The maximum absolute atomic E-state index is 12.8. The van der Waals surface area contributed by atoms with Crippen molar-refractivity contribution in [2.45, 2.75) is 19.5 Å². The SMILES string of the molecule is Cc1csc(NC(=O)N2CCCN(c3ncc(C(F)(F)F)cc3Cl)CC2)n1. The van der Waals surface area contributed by atoms with Gasteiger partial charge in [0.2, 0.25) is 0 Å². The van der Waals surface area contributed by atoms with E-state index in [1.165, 1.54) is 11.3 Å². The second-order valence-electron chi connectivity index (χ2n) is 6.08. The summed E-state index contributed by atoms with van der Waals surface area (Å²) < 4.78 is 38.3. The molecule has 6 nitrogen and oxygen atoms in total. The van der Waals surface area contributed by atoms with Gasteiger partial charge < -0.3 is 9.80 Å². The highest BCUT2D eigenvalue weighted by molar-refractivity contribution is 7.13. The molecule has 3 heterocycles. The number of alkyl halides is 3. The van der Waals surface area contributed by atoms with Crippen LogP contribution in [-0.4, -0.2) is 47.1 Å². The van der Waals surface area contributed by atoms with Gasteiger partial charge in [-0.3, -0.25) is 5.32 Å². The number of hydrogen-bond donors (Lipinski definition) is 1. The van der Waals surface area contributed by atoms with Crippen molar-refractivity contribution in [3.8, 4) is 0 Å². The topological polar surface area (TPSA) is 61.4 Å². The van der Waals surface area contributed by atoms with E-state index in [2.05, 4.69) is 15.3 Å². The monoisotopic (exact) mass is 419 g/mol. The minimum absolute atomic E-state index is 0.0546. The molecule has 1 saturated heterocycles. The number of hydrogen-bond acceptors (Lipinski definition) is 5. The van der Waals surface area contributed by atoms with Gasteiger partial charge in [0.1, 0.15) is 5.82 Å². The molecule has 1 aliphatic heterocycles. The van der Waals surface area contributed by atoms with E-state index >= 15 is 0 Å². The molecule has 0 saturated carbocycles. The fraction of sp³-hybridized carbons (Fsp3) is 0.438. The van der Waals surface area contributed by atoms with Crippen LogP contribution < -0.4 is 10.2 Å². The van der Waals surface area contributed by atoms with Gasteiger partial charge in [-0.1, -0.05) is 11.6 Å². The highest BCUT2D eigenvalue weighted by atomic mass is 35.5. The first-order chi connectivity index (χ1) is 12.7. The van der Waals surface area contributed by atoms with Crippen molar-refractivity contribution in [3.05, 3.63) is 33.9 Å². The number of carbonyl (C=O) groups excluding carboxylic acids is 1. The number of urea groups is 1. The van der Waals surface area contributed by atoms with Gasteiger partial charge in [0.05, 0.1) is 16.3 Å². The molecule has 0 atom stereocenters. The largest absolute Gasteiger partial charge is 0.417 e. The lowest BCUT2D eigenvalue weighted by molar-refractivity contribution is -0.137.